The number of hydrazine groups is 1. The molecule has 0 bridgehead atoms. The topological polar surface area (TPSA) is 55.3 Å². The van der Waals surface area contributed by atoms with Crippen LogP contribution in [0.5, 0.6) is 0 Å². The first-order valence-electron chi connectivity index (χ1n) is 8.63. The molecule has 1 unspecified atom stereocenters. The summed E-state index contributed by atoms with van der Waals surface area (Å²) >= 11 is 6.62. The van der Waals surface area contributed by atoms with E-state index >= 15 is 0 Å². The van der Waals surface area contributed by atoms with Crippen LogP contribution in [0.25, 0.3) is 0 Å². The first kappa shape index (κ1) is 18.6. The lowest BCUT2D eigenvalue weighted by atomic mass is 9.86. The normalized spacial score (nSPS) is 12.2. The van der Waals surface area contributed by atoms with Gasteiger partial charge in [-0.15, -0.1) is 0 Å². The number of nitrogens with zero attached hydrogens (tertiary/aromatic N) is 1. The molecule has 2 aromatic carbocycles. The van der Waals surface area contributed by atoms with Gasteiger partial charge < -0.3 is 10.7 Å². The summed E-state index contributed by atoms with van der Waals surface area (Å²) < 4.78 is 0. The van der Waals surface area contributed by atoms with Crippen molar-refractivity contribution >= 4 is 23.0 Å². The summed E-state index contributed by atoms with van der Waals surface area (Å²) in [7, 11) is 0. The Hall–Kier alpha value is -1.71. The van der Waals surface area contributed by atoms with Crippen LogP contribution in [0.1, 0.15) is 55.4 Å². The van der Waals surface area contributed by atoms with Crippen LogP contribution in [0.3, 0.4) is 0 Å². The van der Waals surface area contributed by atoms with Gasteiger partial charge in [0.25, 0.3) is 0 Å². The van der Waals surface area contributed by atoms with Crippen LogP contribution >= 0.6 is 11.6 Å². The molecule has 4 heteroatoms. The van der Waals surface area contributed by atoms with Crippen LogP contribution in [-0.4, -0.2) is 6.54 Å². The average molecular weight is 346 g/mol. The fourth-order valence-corrected chi connectivity index (χ4v) is 3.51. The molecule has 0 aliphatic carbocycles. The molecule has 0 amide bonds. The highest BCUT2D eigenvalue weighted by atomic mass is 35.5. The minimum Gasteiger partial charge on any atom is -0.396 e. The second-order valence-electron chi connectivity index (χ2n) is 6.19. The molecule has 0 spiro atoms. The van der Waals surface area contributed by atoms with E-state index < -0.39 is 0 Å². The lowest BCUT2D eigenvalue weighted by Gasteiger charge is -2.24. The van der Waals surface area contributed by atoms with E-state index in [0.717, 1.165) is 24.1 Å². The number of aryl methyl sites for hydroxylation is 2. The molecule has 0 aliphatic heterocycles. The zero-order valence-corrected chi connectivity index (χ0v) is 15.8. The minimum absolute atomic E-state index is 0.229. The van der Waals surface area contributed by atoms with Crippen molar-refractivity contribution in [1.29, 1.82) is 0 Å². The molecule has 0 aromatic heterocycles. The van der Waals surface area contributed by atoms with Gasteiger partial charge in [-0.2, -0.15) is 0 Å². The van der Waals surface area contributed by atoms with Crippen molar-refractivity contribution in [2.45, 2.75) is 46.5 Å². The summed E-state index contributed by atoms with van der Waals surface area (Å²) in [6.45, 7) is 9.18. The number of nitrogen functional groups attached to an aromatic ring is 1. The fourth-order valence-electron chi connectivity index (χ4n) is 3.21. The summed E-state index contributed by atoms with van der Waals surface area (Å²) in [5.41, 5.74) is 12.7. The lowest BCUT2D eigenvalue weighted by Crippen LogP contribution is -2.31. The van der Waals surface area contributed by atoms with Crippen molar-refractivity contribution in [2.24, 2.45) is 5.84 Å². The monoisotopic (exact) mass is 345 g/mol. The maximum Gasteiger partial charge on any atom is 0.0762 e. The predicted molar refractivity (Wildman–Crippen MR) is 106 cm³/mol. The predicted octanol–water partition coefficient (Wildman–Crippen LogP) is 5.03. The molecule has 3 nitrogen and oxygen atoms in total. The van der Waals surface area contributed by atoms with Crippen molar-refractivity contribution < 1.29 is 0 Å². The first-order chi connectivity index (χ1) is 11.4. The summed E-state index contributed by atoms with van der Waals surface area (Å²) in [5.74, 6) is 6.21. The molecule has 2 rings (SSSR count). The standard InChI is InChI=1S/C20H28ClN3/c1-5-14-12-15(9-8-13(14)4)16(6-2)17-10-11-18(24(23)7-3)20(22)19(17)21/h8-12,16H,5-7,22-23H2,1-4H3. The number of hydrogen-bond donors (Lipinski definition) is 2. The Morgan fingerprint density at radius 2 is 1.83 bits per heavy atom. The Bertz CT molecular complexity index is 712. The fraction of sp³-hybridized carbons (Fsp3) is 0.400. The Labute approximate surface area is 150 Å². The molecular formula is C20H28ClN3. The van der Waals surface area contributed by atoms with Gasteiger partial charge in [-0.05, 0) is 55.0 Å². The van der Waals surface area contributed by atoms with Crippen LogP contribution in [0.2, 0.25) is 5.02 Å². The molecule has 0 saturated carbocycles. The van der Waals surface area contributed by atoms with Gasteiger partial charge in [0.2, 0.25) is 0 Å². The summed E-state index contributed by atoms with van der Waals surface area (Å²) in [4.78, 5) is 0. The van der Waals surface area contributed by atoms with Gasteiger partial charge in [-0.3, -0.25) is 0 Å². The number of halogens is 1. The minimum atomic E-state index is 0.229. The molecule has 1 atom stereocenters. The van der Waals surface area contributed by atoms with E-state index in [1.165, 1.54) is 16.7 Å². The van der Waals surface area contributed by atoms with Gasteiger partial charge in [-0.1, -0.05) is 49.7 Å². The summed E-state index contributed by atoms with van der Waals surface area (Å²) in [5, 5.41) is 2.23. The molecule has 2 aromatic rings. The van der Waals surface area contributed by atoms with Gasteiger partial charge in [-0.25, -0.2) is 5.84 Å². The van der Waals surface area contributed by atoms with E-state index in [1.807, 2.05) is 13.0 Å². The van der Waals surface area contributed by atoms with Crippen molar-refractivity contribution in [2.75, 3.05) is 17.3 Å². The average Bonchev–Trinajstić information content (AvgIpc) is 2.59. The zero-order chi connectivity index (χ0) is 17.9. The van der Waals surface area contributed by atoms with Crippen molar-refractivity contribution in [3.63, 3.8) is 0 Å². The van der Waals surface area contributed by atoms with Crippen LogP contribution in [0.4, 0.5) is 11.4 Å². The van der Waals surface area contributed by atoms with Crippen LogP contribution in [0, 0.1) is 6.92 Å². The molecule has 0 aliphatic rings. The summed E-state index contributed by atoms with van der Waals surface area (Å²) in [6, 6.07) is 10.7. The third kappa shape index (κ3) is 3.52. The second kappa shape index (κ2) is 7.91. The summed E-state index contributed by atoms with van der Waals surface area (Å²) in [6.07, 6.45) is 1.99. The Balaban J connectivity index is 2.50. The van der Waals surface area contributed by atoms with Gasteiger partial charge >= 0.3 is 0 Å². The number of nitrogens with two attached hydrogens (primary N) is 2. The van der Waals surface area contributed by atoms with Gasteiger partial charge in [0.05, 0.1) is 16.4 Å². The second-order valence-corrected chi connectivity index (χ2v) is 6.57. The highest BCUT2D eigenvalue weighted by Crippen LogP contribution is 2.40. The Morgan fingerprint density at radius 3 is 2.42 bits per heavy atom. The van der Waals surface area contributed by atoms with Gasteiger partial charge in [0, 0.05) is 12.5 Å². The SMILES string of the molecule is CCc1cc(C(CC)c2ccc(N(N)CC)c(N)c2Cl)ccc1C. The van der Waals surface area contributed by atoms with Crippen molar-refractivity contribution in [1.82, 2.24) is 0 Å². The van der Waals surface area contributed by atoms with Gasteiger partial charge in [0.1, 0.15) is 0 Å². The van der Waals surface area contributed by atoms with Crippen molar-refractivity contribution in [3.8, 4) is 0 Å². The van der Waals surface area contributed by atoms with E-state index in [0.29, 0.717) is 17.3 Å². The number of hydrogen-bond acceptors (Lipinski definition) is 3. The molecule has 4 N–H and O–H groups in total. The van der Waals surface area contributed by atoms with Crippen LogP contribution in [0.15, 0.2) is 30.3 Å². The van der Waals surface area contributed by atoms with E-state index in [1.54, 1.807) is 5.01 Å². The number of benzene rings is 2. The van der Waals surface area contributed by atoms with Crippen LogP contribution < -0.4 is 16.6 Å². The quantitative estimate of drug-likeness (QED) is 0.438. The molecule has 0 heterocycles. The zero-order valence-electron chi connectivity index (χ0n) is 15.1. The van der Waals surface area contributed by atoms with Crippen LogP contribution in [-0.2, 0) is 6.42 Å². The smallest absolute Gasteiger partial charge is 0.0762 e. The maximum absolute atomic E-state index is 6.62. The van der Waals surface area contributed by atoms with E-state index in [4.69, 9.17) is 23.2 Å². The highest BCUT2D eigenvalue weighted by molar-refractivity contribution is 6.34. The molecular weight excluding hydrogens is 318 g/mol. The van der Waals surface area contributed by atoms with E-state index in [-0.39, 0.29) is 5.92 Å². The van der Waals surface area contributed by atoms with Crippen molar-refractivity contribution in [3.05, 3.63) is 57.6 Å². The molecule has 0 radical (unpaired) electrons. The number of anilines is 2. The number of rotatable bonds is 6. The first-order valence-corrected chi connectivity index (χ1v) is 9.01. The third-order valence-electron chi connectivity index (χ3n) is 4.78. The maximum atomic E-state index is 6.62. The van der Waals surface area contributed by atoms with Gasteiger partial charge in [0.15, 0.2) is 0 Å². The van der Waals surface area contributed by atoms with E-state index in [2.05, 4.69) is 45.0 Å². The molecule has 24 heavy (non-hydrogen) atoms. The largest absolute Gasteiger partial charge is 0.396 e. The Kier molecular flexibility index (Phi) is 6.14. The third-order valence-corrected chi connectivity index (χ3v) is 5.20. The van der Waals surface area contributed by atoms with E-state index in [9.17, 15) is 0 Å². The molecule has 130 valence electrons. The Morgan fingerprint density at radius 1 is 1.12 bits per heavy atom. The highest BCUT2D eigenvalue weighted by Gasteiger charge is 2.20. The lowest BCUT2D eigenvalue weighted by molar-refractivity contribution is 0.774. The molecule has 0 saturated heterocycles. The molecule has 0 fully saturated rings.